The first-order valence-corrected chi connectivity index (χ1v) is 6.99. The van der Waals surface area contributed by atoms with Crippen molar-refractivity contribution >= 4 is 11.9 Å². The molecule has 0 unspecified atom stereocenters. The minimum Gasteiger partial charge on any atom is -0.478 e. The standard InChI is InChI=1S/C15H20N2O3/c1-10-12(15(19)20)8-9-13(16-10)14(18)17(2)11-6-4-3-5-7-11/h8-9,11H,3-7H2,1-2H3,(H,19,20). The Balaban J connectivity index is 2.16. The number of carbonyl (C=O) groups excluding carboxylic acids is 1. The molecular weight excluding hydrogens is 256 g/mol. The summed E-state index contributed by atoms with van der Waals surface area (Å²) in [5.41, 5.74) is 0.836. The van der Waals surface area contributed by atoms with Crippen LogP contribution in [0.5, 0.6) is 0 Å². The lowest BCUT2D eigenvalue weighted by molar-refractivity contribution is 0.0677. The molecule has 5 nitrogen and oxygen atoms in total. The van der Waals surface area contributed by atoms with E-state index in [1.165, 1.54) is 18.6 Å². The van der Waals surface area contributed by atoms with E-state index in [0.717, 1.165) is 25.7 Å². The number of hydrogen-bond acceptors (Lipinski definition) is 3. The van der Waals surface area contributed by atoms with Crippen LogP contribution in [0.4, 0.5) is 0 Å². The Kier molecular flexibility index (Phi) is 4.37. The molecular formula is C15H20N2O3. The number of carbonyl (C=O) groups is 2. The molecule has 1 aliphatic carbocycles. The first-order valence-electron chi connectivity index (χ1n) is 6.99. The van der Waals surface area contributed by atoms with Crippen LogP contribution in [-0.4, -0.2) is 40.0 Å². The number of aryl methyl sites for hydroxylation is 1. The topological polar surface area (TPSA) is 70.5 Å². The van der Waals surface area contributed by atoms with Crippen LogP contribution in [0.25, 0.3) is 0 Å². The summed E-state index contributed by atoms with van der Waals surface area (Å²) in [5, 5.41) is 8.97. The lowest BCUT2D eigenvalue weighted by Crippen LogP contribution is -2.38. The van der Waals surface area contributed by atoms with Crippen molar-refractivity contribution in [1.82, 2.24) is 9.88 Å². The molecule has 0 radical (unpaired) electrons. The van der Waals surface area contributed by atoms with Gasteiger partial charge in [0.2, 0.25) is 0 Å². The average molecular weight is 276 g/mol. The normalized spacial score (nSPS) is 15.9. The molecule has 0 bridgehead atoms. The Morgan fingerprint density at radius 1 is 1.25 bits per heavy atom. The van der Waals surface area contributed by atoms with Crippen molar-refractivity contribution in [2.24, 2.45) is 0 Å². The second-order valence-electron chi connectivity index (χ2n) is 5.34. The van der Waals surface area contributed by atoms with Gasteiger partial charge in [0.1, 0.15) is 5.69 Å². The minimum absolute atomic E-state index is 0.128. The number of carboxylic acid groups (broad SMARTS) is 1. The van der Waals surface area contributed by atoms with Gasteiger partial charge in [-0.3, -0.25) is 4.79 Å². The molecule has 1 aliphatic rings. The molecule has 1 N–H and O–H groups in total. The molecule has 20 heavy (non-hydrogen) atoms. The van der Waals surface area contributed by atoms with Gasteiger partial charge in [0.15, 0.2) is 0 Å². The zero-order valence-electron chi connectivity index (χ0n) is 11.9. The predicted octanol–water partition coefficient (Wildman–Crippen LogP) is 2.49. The molecule has 2 rings (SSSR count). The fraction of sp³-hybridized carbons (Fsp3) is 0.533. The van der Waals surface area contributed by atoms with Gasteiger partial charge < -0.3 is 10.0 Å². The van der Waals surface area contributed by atoms with Gasteiger partial charge in [0.05, 0.1) is 11.3 Å². The molecule has 5 heteroatoms. The lowest BCUT2D eigenvalue weighted by atomic mass is 9.94. The monoisotopic (exact) mass is 276 g/mol. The van der Waals surface area contributed by atoms with E-state index in [1.54, 1.807) is 18.9 Å². The van der Waals surface area contributed by atoms with Crippen molar-refractivity contribution in [3.63, 3.8) is 0 Å². The minimum atomic E-state index is -1.02. The van der Waals surface area contributed by atoms with Crippen LogP contribution < -0.4 is 0 Å². The number of hydrogen-bond donors (Lipinski definition) is 1. The smallest absolute Gasteiger partial charge is 0.337 e. The molecule has 108 valence electrons. The molecule has 1 saturated carbocycles. The van der Waals surface area contributed by atoms with Crippen molar-refractivity contribution < 1.29 is 14.7 Å². The average Bonchev–Trinajstić information content (AvgIpc) is 2.46. The van der Waals surface area contributed by atoms with Crippen molar-refractivity contribution in [2.45, 2.75) is 45.1 Å². The number of carboxylic acids is 1. The Morgan fingerprint density at radius 2 is 1.90 bits per heavy atom. The van der Waals surface area contributed by atoms with E-state index in [2.05, 4.69) is 4.98 Å². The summed E-state index contributed by atoms with van der Waals surface area (Å²) in [6.07, 6.45) is 5.63. The van der Waals surface area contributed by atoms with E-state index in [9.17, 15) is 9.59 Å². The number of aromatic carboxylic acids is 1. The van der Waals surface area contributed by atoms with Crippen LogP contribution in [0.1, 0.15) is 58.6 Å². The second kappa shape index (κ2) is 6.03. The largest absolute Gasteiger partial charge is 0.478 e. The Bertz CT molecular complexity index is 522. The molecule has 1 fully saturated rings. The summed E-state index contributed by atoms with van der Waals surface area (Å²) in [7, 11) is 1.81. The molecule has 0 aromatic carbocycles. The Morgan fingerprint density at radius 3 is 2.45 bits per heavy atom. The molecule has 1 aromatic rings. The van der Waals surface area contributed by atoms with Gasteiger partial charge in [-0.15, -0.1) is 0 Å². The maximum atomic E-state index is 12.4. The van der Waals surface area contributed by atoms with E-state index in [4.69, 9.17) is 5.11 Å². The molecule has 1 amide bonds. The van der Waals surface area contributed by atoms with Crippen molar-refractivity contribution in [3.05, 3.63) is 29.1 Å². The highest BCUT2D eigenvalue weighted by Crippen LogP contribution is 2.22. The van der Waals surface area contributed by atoms with Crippen molar-refractivity contribution in [3.8, 4) is 0 Å². The fourth-order valence-electron chi connectivity index (χ4n) is 2.72. The van der Waals surface area contributed by atoms with Crippen LogP contribution >= 0.6 is 0 Å². The number of rotatable bonds is 3. The summed E-state index contributed by atoms with van der Waals surface area (Å²) >= 11 is 0. The quantitative estimate of drug-likeness (QED) is 0.920. The van der Waals surface area contributed by atoms with Crippen LogP contribution in [0.3, 0.4) is 0 Å². The first-order chi connectivity index (χ1) is 9.50. The van der Waals surface area contributed by atoms with Gasteiger partial charge in [-0.05, 0) is 31.9 Å². The van der Waals surface area contributed by atoms with Crippen LogP contribution in [0, 0.1) is 6.92 Å². The van der Waals surface area contributed by atoms with Gasteiger partial charge in [-0.2, -0.15) is 0 Å². The number of amides is 1. The van der Waals surface area contributed by atoms with Crippen LogP contribution in [0.2, 0.25) is 0 Å². The predicted molar refractivity (Wildman–Crippen MR) is 74.9 cm³/mol. The van der Waals surface area contributed by atoms with E-state index in [-0.39, 0.29) is 17.5 Å². The van der Waals surface area contributed by atoms with Gasteiger partial charge >= 0.3 is 5.97 Å². The highest BCUT2D eigenvalue weighted by Gasteiger charge is 2.24. The molecule has 0 atom stereocenters. The molecule has 0 aliphatic heterocycles. The molecule has 1 aromatic heterocycles. The maximum Gasteiger partial charge on any atom is 0.337 e. The zero-order valence-corrected chi connectivity index (χ0v) is 11.9. The lowest BCUT2D eigenvalue weighted by Gasteiger charge is -2.31. The number of nitrogens with zero attached hydrogens (tertiary/aromatic N) is 2. The van der Waals surface area contributed by atoms with Gasteiger partial charge in [0.25, 0.3) is 5.91 Å². The third-order valence-electron chi connectivity index (χ3n) is 3.98. The molecule has 0 saturated heterocycles. The second-order valence-corrected chi connectivity index (χ2v) is 5.34. The van der Waals surface area contributed by atoms with Gasteiger partial charge in [-0.25, -0.2) is 9.78 Å². The summed E-state index contributed by atoms with van der Waals surface area (Å²) in [6.45, 7) is 1.61. The molecule has 0 spiro atoms. The molecule has 1 heterocycles. The number of aromatic nitrogens is 1. The van der Waals surface area contributed by atoms with E-state index >= 15 is 0 Å². The summed E-state index contributed by atoms with van der Waals surface area (Å²) in [5.74, 6) is -1.15. The Hall–Kier alpha value is -1.91. The third-order valence-corrected chi connectivity index (χ3v) is 3.98. The number of pyridine rings is 1. The maximum absolute atomic E-state index is 12.4. The fourth-order valence-corrected chi connectivity index (χ4v) is 2.72. The zero-order chi connectivity index (χ0) is 14.7. The van der Waals surface area contributed by atoms with E-state index < -0.39 is 5.97 Å². The highest BCUT2D eigenvalue weighted by molar-refractivity contribution is 5.94. The highest BCUT2D eigenvalue weighted by atomic mass is 16.4. The van der Waals surface area contributed by atoms with Crippen LogP contribution in [0.15, 0.2) is 12.1 Å². The summed E-state index contributed by atoms with van der Waals surface area (Å²) < 4.78 is 0. The van der Waals surface area contributed by atoms with Crippen LogP contribution in [-0.2, 0) is 0 Å². The van der Waals surface area contributed by atoms with Crippen molar-refractivity contribution in [1.29, 1.82) is 0 Å². The first kappa shape index (κ1) is 14.5. The van der Waals surface area contributed by atoms with Gasteiger partial charge in [0, 0.05) is 13.1 Å². The third kappa shape index (κ3) is 2.98. The van der Waals surface area contributed by atoms with Gasteiger partial charge in [-0.1, -0.05) is 19.3 Å². The van der Waals surface area contributed by atoms with E-state index in [1.807, 2.05) is 0 Å². The summed E-state index contributed by atoms with van der Waals surface area (Å²) in [4.78, 5) is 29.2. The Labute approximate surface area is 118 Å². The summed E-state index contributed by atoms with van der Waals surface area (Å²) in [6, 6.07) is 3.22. The van der Waals surface area contributed by atoms with Crippen molar-refractivity contribution in [2.75, 3.05) is 7.05 Å². The van der Waals surface area contributed by atoms with E-state index in [0.29, 0.717) is 11.4 Å². The SMILES string of the molecule is Cc1nc(C(=O)N(C)C2CCCCC2)ccc1C(=O)O.